The summed E-state index contributed by atoms with van der Waals surface area (Å²) in [6.45, 7) is 3.16. The highest BCUT2D eigenvalue weighted by Gasteiger charge is 2.58. The summed E-state index contributed by atoms with van der Waals surface area (Å²) in [7, 11) is -4.19. The Bertz CT molecular complexity index is 3000. The van der Waals surface area contributed by atoms with Gasteiger partial charge in [-0.3, -0.25) is 28.2 Å². The van der Waals surface area contributed by atoms with Gasteiger partial charge in [0, 0.05) is 33.3 Å². The van der Waals surface area contributed by atoms with Crippen LogP contribution in [0, 0.1) is 5.92 Å². The number of rotatable bonds is 34. The van der Waals surface area contributed by atoms with Crippen LogP contribution in [0.1, 0.15) is 103 Å². The van der Waals surface area contributed by atoms with Gasteiger partial charge in [0.25, 0.3) is 5.91 Å². The number of aliphatic hydroxyl groups is 13. The SMILES string of the molecule is CCCCCC/C=C\CCCOc1cccc(C(=O)NC2C(OC3C(CO)OC(OC4C(CO)OC(OC5C(COS(=O)(=O)OC)OC(OC6C(COC7CC(C)C(O)C(O)C7O)OC(O)C(NC(C)=O)C6O)C(NC(C)=O)C5O)C(NC(C)=O)C4O)C(NC(C)=O)C3O)OC(CO)C(O)C2O)c1. The Hall–Kier alpha value is -4.94. The predicted octanol–water partition coefficient (Wildman–Crippen LogP) is -6.80. The van der Waals surface area contributed by atoms with Crippen molar-refractivity contribution in [2.45, 2.75) is 271 Å². The Labute approximate surface area is 594 Å². The van der Waals surface area contributed by atoms with Crippen LogP contribution in [0.2, 0.25) is 0 Å². The van der Waals surface area contributed by atoms with Gasteiger partial charge in [-0.05, 0) is 56.2 Å². The van der Waals surface area contributed by atoms with E-state index in [1.807, 2.05) is 0 Å². The molecule has 1 saturated carbocycles. The summed E-state index contributed by atoms with van der Waals surface area (Å²) in [6.07, 6.45) is -33.3. The van der Waals surface area contributed by atoms with Crippen LogP contribution in [0.5, 0.6) is 5.75 Å². The molecule has 38 nitrogen and oxygen atoms in total. The van der Waals surface area contributed by atoms with Gasteiger partial charge in [-0.1, -0.05) is 51.3 Å². The van der Waals surface area contributed by atoms with Crippen LogP contribution in [0.15, 0.2) is 36.4 Å². The number of benzene rings is 1. The molecule has 588 valence electrons. The first-order valence-electron chi connectivity index (χ1n) is 34.2. The number of allylic oxidation sites excluding steroid dienone is 2. The second kappa shape index (κ2) is 39.8. The van der Waals surface area contributed by atoms with Crippen molar-refractivity contribution in [3.63, 3.8) is 0 Å². The van der Waals surface area contributed by atoms with Crippen molar-refractivity contribution in [2.24, 2.45) is 5.92 Å². The highest BCUT2D eigenvalue weighted by molar-refractivity contribution is 7.81. The van der Waals surface area contributed by atoms with Gasteiger partial charge in [0.05, 0.1) is 59.0 Å². The number of unbranched alkanes of at least 4 members (excludes halogenated alkanes) is 5. The quantitative estimate of drug-likeness (QED) is 0.0225. The number of hydrogen-bond acceptors (Lipinski definition) is 33. The average Bonchev–Trinajstić information content (AvgIpc) is 0.767. The molecular formula is C64H103N5O33S. The molecule has 5 heterocycles. The van der Waals surface area contributed by atoms with Crippen LogP contribution >= 0.6 is 0 Å². The number of aliphatic hydroxyl groups excluding tert-OH is 13. The topological polar surface area (TPSA) is 563 Å². The first kappa shape index (κ1) is 85.3. The van der Waals surface area contributed by atoms with E-state index in [1.54, 1.807) is 19.1 Å². The largest absolute Gasteiger partial charge is 0.494 e. The minimum atomic E-state index is -4.92. The molecule has 7 rings (SSSR count). The van der Waals surface area contributed by atoms with E-state index in [1.165, 1.54) is 25.0 Å². The molecule has 5 aliphatic heterocycles. The van der Waals surface area contributed by atoms with Gasteiger partial charge in [-0.25, -0.2) is 4.18 Å². The molecule has 30 atom stereocenters. The fraction of sp³-hybridized carbons (Fsp3) is 0.797. The van der Waals surface area contributed by atoms with Gasteiger partial charge < -0.3 is 145 Å². The van der Waals surface area contributed by atoms with E-state index in [-0.39, 0.29) is 12.0 Å². The Balaban J connectivity index is 1.12. The zero-order valence-corrected chi connectivity index (χ0v) is 58.9. The second-order valence-electron chi connectivity index (χ2n) is 26.3. The molecule has 5 saturated heterocycles. The van der Waals surface area contributed by atoms with Gasteiger partial charge in [-0.15, -0.1) is 0 Å². The van der Waals surface area contributed by atoms with E-state index >= 15 is 0 Å². The number of carbonyl (C=O) groups is 5. The van der Waals surface area contributed by atoms with E-state index in [0.717, 1.165) is 60.5 Å². The van der Waals surface area contributed by atoms with Crippen molar-refractivity contribution in [1.82, 2.24) is 26.6 Å². The second-order valence-corrected chi connectivity index (χ2v) is 27.7. The summed E-state index contributed by atoms with van der Waals surface area (Å²) in [5.41, 5.74) is 0.0296. The van der Waals surface area contributed by atoms with E-state index in [4.69, 9.17) is 56.3 Å². The summed E-state index contributed by atoms with van der Waals surface area (Å²) in [6, 6.07) is -2.91. The standard InChI is InChI=1S/C64H103N5O33S/c1-8-9-10-11-12-13-14-15-16-20-91-34-19-17-18-33(22-34)59(86)69-42-49(80)48(79)36(23-70)95-61(42)99-55-37(24-71)96-62(43(51(55)82)66-30(4)74)100-56-38(25-72)97-63(44(52(56)83)67-31(5)75)102-58-40(27-93-103(88,89)90-7)98-64(45(53(58)84)68-32(6)76)101-57-39(94-60(87)41(50(57)81)65-29(3)73)26-92-35-21-28(2)46(77)54(85)47(35)78/h13-14,17-19,22,28,35-58,60-64,70-72,77-85,87H,8-12,15-16,20-21,23-27H2,1-7H3,(H,65,73)(H,66,74)(H,67,75)(H,68,76)(H,69,86)/b14-13-. The monoisotopic (exact) mass is 1500 g/mol. The molecule has 0 spiro atoms. The minimum absolute atomic E-state index is 0.0189. The van der Waals surface area contributed by atoms with Crippen molar-refractivity contribution >= 4 is 39.9 Å². The molecule has 0 radical (unpaired) electrons. The van der Waals surface area contributed by atoms with Crippen LogP contribution in [-0.2, 0) is 85.3 Å². The van der Waals surface area contributed by atoms with E-state index < -0.39 is 257 Å². The van der Waals surface area contributed by atoms with E-state index in [9.17, 15) is 98.8 Å². The highest BCUT2D eigenvalue weighted by atomic mass is 32.3. The lowest BCUT2D eigenvalue weighted by Gasteiger charge is -2.51. The third kappa shape index (κ3) is 22.6. The van der Waals surface area contributed by atoms with Crippen molar-refractivity contribution in [1.29, 1.82) is 0 Å². The smallest absolute Gasteiger partial charge is 0.399 e. The van der Waals surface area contributed by atoms with E-state index in [2.05, 4.69) is 49.8 Å². The first-order valence-corrected chi connectivity index (χ1v) is 35.6. The molecule has 39 heteroatoms. The van der Waals surface area contributed by atoms with Crippen molar-refractivity contribution in [3.8, 4) is 5.75 Å². The molecule has 103 heavy (non-hydrogen) atoms. The zero-order chi connectivity index (χ0) is 75.7. The van der Waals surface area contributed by atoms with Crippen LogP contribution in [-0.4, -0.2) is 329 Å². The average molecular weight is 1500 g/mol. The number of nitrogens with one attached hydrogen (secondary N) is 5. The normalized spacial score (nSPS) is 38.7. The van der Waals surface area contributed by atoms with Crippen molar-refractivity contribution in [3.05, 3.63) is 42.0 Å². The molecule has 18 N–H and O–H groups in total. The summed E-state index contributed by atoms with van der Waals surface area (Å²) in [5.74, 6) is -4.55. The molecule has 6 fully saturated rings. The van der Waals surface area contributed by atoms with Gasteiger partial charge in [-0.2, -0.15) is 8.42 Å². The highest BCUT2D eigenvalue weighted by Crippen LogP contribution is 2.38. The molecule has 5 amide bonds. The lowest BCUT2D eigenvalue weighted by atomic mass is 9.82. The maximum Gasteiger partial charge on any atom is 0.399 e. The fourth-order valence-corrected chi connectivity index (χ4v) is 13.5. The Morgan fingerprint density at radius 2 is 0.961 bits per heavy atom. The van der Waals surface area contributed by atoms with Crippen LogP contribution in [0.4, 0.5) is 0 Å². The number of ether oxygens (including phenoxy) is 11. The van der Waals surface area contributed by atoms with Crippen molar-refractivity contribution < 1.29 is 159 Å². The molecule has 0 bridgehead atoms. The summed E-state index contributed by atoms with van der Waals surface area (Å²) in [4.78, 5) is 65.5. The van der Waals surface area contributed by atoms with Crippen LogP contribution in [0.25, 0.3) is 0 Å². The first-order chi connectivity index (χ1) is 48.9. The van der Waals surface area contributed by atoms with Crippen LogP contribution < -0.4 is 31.3 Å². The third-order valence-corrected chi connectivity index (χ3v) is 19.3. The maximum atomic E-state index is 14.0. The third-order valence-electron chi connectivity index (χ3n) is 18.5. The molecule has 1 aliphatic carbocycles. The zero-order valence-electron chi connectivity index (χ0n) is 58.1. The van der Waals surface area contributed by atoms with Gasteiger partial charge in [0.2, 0.25) is 23.6 Å². The minimum Gasteiger partial charge on any atom is -0.494 e. The van der Waals surface area contributed by atoms with Crippen LogP contribution in [0.3, 0.4) is 0 Å². The summed E-state index contributed by atoms with van der Waals surface area (Å²) >= 11 is 0. The fourth-order valence-electron chi connectivity index (χ4n) is 13.1. The molecule has 1 aromatic carbocycles. The number of carbonyl (C=O) groups excluding carboxylic acids is 5. The lowest BCUT2D eigenvalue weighted by molar-refractivity contribution is -0.367. The molecule has 1 aromatic rings. The summed E-state index contributed by atoms with van der Waals surface area (Å²) < 4.78 is 102. The Morgan fingerprint density at radius 3 is 1.45 bits per heavy atom. The van der Waals surface area contributed by atoms with Crippen molar-refractivity contribution in [2.75, 3.05) is 46.8 Å². The maximum absolute atomic E-state index is 14.0. The Morgan fingerprint density at radius 1 is 0.515 bits per heavy atom. The lowest BCUT2D eigenvalue weighted by Crippen LogP contribution is -2.72. The molecule has 30 unspecified atom stereocenters. The Kier molecular flexibility index (Phi) is 32.9. The van der Waals surface area contributed by atoms with Gasteiger partial charge >= 0.3 is 10.4 Å². The molecule has 0 aromatic heterocycles. The molecule has 6 aliphatic rings. The van der Waals surface area contributed by atoms with E-state index in [0.29, 0.717) is 18.8 Å². The summed E-state index contributed by atoms with van der Waals surface area (Å²) in [5, 5.41) is 159. The van der Waals surface area contributed by atoms with Gasteiger partial charge in [0.1, 0.15) is 140 Å². The number of amides is 5. The molecular weight excluding hydrogens is 1400 g/mol. The predicted molar refractivity (Wildman–Crippen MR) is 346 cm³/mol. The number of hydrogen-bond donors (Lipinski definition) is 18. The van der Waals surface area contributed by atoms with Gasteiger partial charge in [0.15, 0.2) is 31.5 Å².